The van der Waals surface area contributed by atoms with Gasteiger partial charge < -0.3 is 10.6 Å². The van der Waals surface area contributed by atoms with Gasteiger partial charge in [-0.15, -0.1) is 0 Å². The molecule has 0 aromatic heterocycles. The van der Waals surface area contributed by atoms with Gasteiger partial charge >= 0.3 is 0 Å². The number of hydrogen-bond donors (Lipinski definition) is 2. The van der Waals surface area contributed by atoms with E-state index in [0.29, 0.717) is 5.02 Å². The number of anilines is 1. The van der Waals surface area contributed by atoms with Gasteiger partial charge in [0, 0.05) is 10.7 Å². The smallest absolute Gasteiger partial charge is 0.230 e. The maximum absolute atomic E-state index is 11.8. The molecule has 0 aliphatic heterocycles. The predicted octanol–water partition coefficient (Wildman–Crippen LogP) is 3.40. The van der Waals surface area contributed by atoms with Crippen LogP contribution in [-0.2, 0) is 11.2 Å². The molecule has 0 saturated heterocycles. The summed E-state index contributed by atoms with van der Waals surface area (Å²) in [6, 6.07) is 16.6. The Morgan fingerprint density at radius 3 is 2.35 bits per heavy atom. The molecule has 0 fully saturated rings. The van der Waals surface area contributed by atoms with E-state index in [9.17, 15) is 4.79 Å². The van der Waals surface area contributed by atoms with Crippen molar-refractivity contribution in [1.82, 2.24) is 5.32 Å². The number of para-hydroxylation sites is 1. The van der Waals surface area contributed by atoms with E-state index in [1.165, 1.54) is 0 Å². The molecule has 0 aliphatic carbocycles. The summed E-state index contributed by atoms with van der Waals surface area (Å²) < 4.78 is 0. The van der Waals surface area contributed by atoms with E-state index in [2.05, 4.69) is 10.6 Å². The highest BCUT2D eigenvalue weighted by Crippen LogP contribution is 2.10. The molecule has 102 valence electrons. The second-order valence-corrected chi connectivity index (χ2v) is 5.02. The van der Waals surface area contributed by atoms with Crippen LogP contribution >= 0.6 is 23.8 Å². The fourth-order valence-electron chi connectivity index (χ4n) is 1.64. The third-order valence-corrected chi connectivity index (χ3v) is 3.02. The molecule has 2 rings (SSSR count). The first-order chi connectivity index (χ1) is 9.63. The summed E-state index contributed by atoms with van der Waals surface area (Å²) in [5.41, 5.74) is 1.72. The van der Waals surface area contributed by atoms with Crippen LogP contribution < -0.4 is 10.6 Å². The molecule has 0 saturated carbocycles. The molecule has 20 heavy (non-hydrogen) atoms. The number of carbonyl (C=O) groups excluding carboxylic acids is 1. The Morgan fingerprint density at radius 2 is 1.70 bits per heavy atom. The van der Waals surface area contributed by atoms with E-state index in [1.54, 1.807) is 12.1 Å². The summed E-state index contributed by atoms with van der Waals surface area (Å²) in [7, 11) is 0. The number of carbonyl (C=O) groups is 1. The second-order valence-electron chi connectivity index (χ2n) is 4.17. The van der Waals surface area contributed by atoms with Crippen LogP contribution in [0.25, 0.3) is 0 Å². The minimum atomic E-state index is -0.166. The summed E-state index contributed by atoms with van der Waals surface area (Å²) in [5.74, 6) is -0.166. The molecule has 2 aromatic carbocycles. The first kappa shape index (κ1) is 14.5. The van der Waals surface area contributed by atoms with Crippen molar-refractivity contribution in [1.29, 1.82) is 0 Å². The quantitative estimate of drug-likeness (QED) is 0.854. The van der Waals surface area contributed by atoms with Crippen LogP contribution in [0.5, 0.6) is 0 Å². The van der Waals surface area contributed by atoms with E-state index in [1.807, 2.05) is 42.5 Å². The summed E-state index contributed by atoms with van der Waals surface area (Å²) in [5, 5.41) is 6.52. The molecule has 5 heteroatoms. The molecular formula is C15H13ClN2OS. The van der Waals surface area contributed by atoms with E-state index in [0.717, 1.165) is 11.3 Å². The number of hydrogen-bond acceptors (Lipinski definition) is 2. The molecule has 0 spiro atoms. The van der Waals surface area contributed by atoms with Crippen molar-refractivity contribution in [2.45, 2.75) is 6.42 Å². The number of nitrogens with one attached hydrogen (secondary N) is 2. The molecule has 0 heterocycles. The summed E-state index contributed by atoms with van der Waals surface area (Å²) in [4.78, 5) is 11.8. The Morgan fingerprint density at radius 1 is 1.05 bits per heavy atom. The fourth-order valence-corrected chi connectivity index (χ4v) is 2.00. The highest BCUT2D eigenvalue weighted by Gasteiger charge is 2.06. The lowest BCUT2D eigenvalue weighted by Gasteiger charge is -2.09. The highest BCUT2D eigenvalue weighted by atomic mass is 35.5. The SMILES string of the molecule is O=C(Cc1ccc(Cl)cc1)NC(=S)Nc1ccccc1. The van der Waals surface area contributed by atoms with Crippen molar-refractivity contribution in [3.8, 4) is 0 Å². The summed E-state index contributed by atoms with van der Waals surface area (Å²) in [6.07, 6.45) is 0.258. The maximum atomic E-state index is 11.8. The van der Waals surface area contributed by atoms with E-state index < -0.39 is 0 Å². The summed E-state index contributed by atoms with van der Waals surface area (Å²) in [6.45, 7) is 0. The van der Waals surface area contributed by atoms with Gasteiger partial charge in [0.05, 0.1) is 6.42 Å². The Hall–Kier alpha value is -1.91. The van der Waals surface area contributed by atoms with Gasteiger partial charge in [0.2, 0.25) is 5.91 Å². The number of amides is 1. The Bertz CT molecular complexity index is 599. The normalized spacial score (nSPS) is 9.85. The van der Waals surface area contributed by atoms with Crippen LogP contribution in [0.15, 0.2) is 54.6 Å². The van der Waals surface area contributed by atoms with Crippen LogP contribution in [-0.4, -0.2) is 11.0 Å². The molecule has 2 aromatic rings. The van der Waals surface area contributed by atoms with Crippen LogP contribution in [0.1, 0.15) is 5.56 Å². The number of benzene rings is 2. The lowest BCUT2D eigenvalue weighted by Crippen LogP contribution is -2.35. The van der Waals surface area contributed by atoms with Crippen molar-refractivity contribution in [3.05, 3.63) is 65.2 Å². The molecule has 2 N–H and O–H groups in total. The van der Waals surface area contributed by atoms with Gasteiger partial charge in [0.1, 0.15) is 0 Å². The van der Waals surface area contributed by atoms with Crippen molar-refractivity contribution in [2.24, 2.45) is 0 Å². The van der Waals surface area contributed by atoms with Crippen molar-refractivity contribution in [2.75, 3.05) is 5.32 Å². The van der Waals surface area contributed by atoms with Crippen molar-refractivity contribution in [3.63, 3.8) is 0 Å². The van der Waals surface area contributed by atoms with E-state index >= 15 is 0 Å². The van der Waals surface area contributed by atoms with E-state index in [4.69, 9.17) is 23.8 Å². The molecule has 3 nitrogen and oxygen atoms in total. The molecular weight excluding hydrogens is 292 g/mol. The number of halogens is 1. The average molecular weight is 305 g/mol. The largest absolute Gasteiger partial charge is 0.332 e. The Balaban J connectivity index is 1.85. The first-order valence-corrected chi connectivity index (χ1v) is 6.82. The third-order valence-electron chi connectivity index (χ3n) is 2.56. The molecule has 1 amide bonds. The molecule has 0 aliphatic rings. The number of thiocarbonyl (C=S) groups is 1. The van der Waals surface area contributed by atoms with Gasteiger partial charge in [-0.05, 0) is 42.0 Å². The number of rotatable bonds is 3. The average Bonchev–Trinajstić information content (AvgIpc) is 2.42. The van der Waals surface area contributed by atoms with Gasteiger partial charge in [0.25, 0.3) is 0 Å². The van der Waals surface area contributed by atoms with Crippen LogP contribution in [0.2, 0.25) is 5.02 Å². The minimum Gasteiger partial charge on any atom is -0.332 e. The second kappa shape index (κ2) is 7.03. The zero-order valence-corrected chi connectivity index (χ0v) is 12.2. The fraction of sp³-hybridized carbons (Fsp3) is 0.0667. The maximum Gasteiger partial charge on any atom is 0.230 e. The summed E-state index contributed by atoms with van der Waals surface area (Å²) >= 11 is 10.9. The molecule has 0 bridgehead atoms. The van der Waals surface area contributed by atoms with Crippen LogP contribution in [0, 0.1) is 0 Å². The Kier molecular flexibility index (Phi) is 5.09. The van der Waals surface area contributed by atoms with Gasteiger partial charge in [0.15, 0.2) is 5.11 Å². The van der Waals surface area contributed by atoms with Crippen molar-refractivity contribution >= 4 is 40.5 Å². The minimum absolute atomic E-state index is 0.166. The van der Waals surface area contributed by atoms with E-state index in [-0.39, 0.29) is 17.4 Å². The molecule has 0 radical (unpaired) electrons. The van der Waals surface area contributed by atoms with Crippen LogP contribution in [0.3, 0.4) is 0 Å². The third kappa shape index (κ3) is 4.64. The lowest BCUT2D eigenvalue weighted by atomic mass is 10.1. The lowest BCUT2D eigenvalue weighted by molar-refractivity contribution is -0.119. The van der Waals surface area contributed by atoms with Gasteiger partial charge in [-0.3, -0.25) is 4.79 Å². The van der Waals surface area contributed by atoms with Gasteiger partial charge in [-0.1, -0.05) is 41.9 Å². The highest BCUT2D eigenvalue weighted by molar-refractivity contribution is 7.80. The predicted molar refractivity (Wildman–Crippen MR) is 86.0 cm³/mol. The first-order valence-electron chi connectivity index (χ1n) is 6.04. The molecule has 0 atom stereocenters. The van der Waals surface area contributed by atoms with Crippen LogP contribution in [0.4, 0.5) is 5.69 Å². The zero-order valence-electron chi connectivity index (χ0n) is 10.6. The monoisotopic (exact) mass is 304 g/mol. The van der Waals surface area contributed by atoms with Gasteiger partial charge in [-0.2, -0.15) is 0 Å². The van der Waals surface area contributed by atoms with Crippen molar-refractivity contribution < 1.29 is 4.79 Å². The topological polar surface area (TPSA) is 41.1 Å². The Labute approximate surface area is 128 Å². The standard InChI is InChI=1S/C15H13ClN2OS/c16-12-8-6-11(7-9-12)10-14(19)18-15(20)17-13-4-2-1-3-5-13/h1-9H,10H2,(H2,17,18,19,20). The zero-order chi connectivity index (χ0) is 14.4. The molecule has 0 unspecified atom stereocenters. The van der Waals surface area contributed by atoms with Gasteiger partial charge in [-0.25, -0.2) is 0 Å².